The maximum atomic E-state index is 14.2. The van der Waals surface area contributed by atoms with Gasteiger partial charge in [0.25, 0.3) is 0 Å². The molecule has 0 aromatic heterocycles. The molecule has 95 heavy (non-hydrogen) atoms. The molecule has 0 saturated carbocycles. The zero-order valence-electron chi connectivity index (χ0n) is 55.7. The van der Waals surface area contributed by atoms with Gasteiger partial charge in [0, 0.05) is 5.56 Å². The third-order valence-corrected chi connectivity index (χ3v) is 16.7. The highest BCUT2D eigenvalue weighted by atomic mass is 16.5. The zero-order valence-corrected chi connectivity index (χ0v) is 55.7. The predicted molar refractivity (Wildman–Crippen MR) is 376 cm³/mol. The van der Waals surface area contributed by atoms with Crippen LogP contribution in [0.25, 0.3) is 0 Å². The topological polar surface area (TPSA) is 174 Å². The van der Waals surface area contributed by atoms with Crippen molar-refractivity contribution in [3.63, 3.8) is 0 Å². The number of unbranched alkanes of at least 4 members (excludes halogenated alkanes) is 26. The third kappa shape index (κ3) is 24.9. The number of carbonyl (C=O) groups is 5. The van der Waals surface area contributed by atoms with Crippen molar-refractivity contribution in [3.05, 3.63) is 204 Å². The number of anilines is 2. The normalized spacial score (nSPS) is 12.0. The lowest BCUT2D eigenvalue weighted by atomic mass is 10.0. The Bertz CT molecular complexity index is 3430. The molecule has 0 spiro atoms. The van der Waals surface area contributed by atoms with Crippen LogP contribution in [0.5, 0.6) is 34.5 Å². The van der Waals surface area contributed by atoms with E-state index in [1.54, 1.807) is 97.1 Å². The molecule has 15 heteroatoms. The van der Waals surface area contributed by atoms with Crippen LogP contribution in [0.3, 0.4) is 0 Å². The molecular weight excluding hydrogens is 1190 g/mol. The van der Waals surface area contributed by atoms with Gasteiger partial charge < -0.3 is 28.4 Å². The fraction of sp³-hybridized carbons (Fsp3) is 0.400. The summed E-state index contributed by atoms with van der Waals surface area (Å²) in [5.74, 6) is 0.160. The standard InChI is InChI=1S/C80H95N4O11/c1-3-5-7-9-11-13-15-17-19-21-23-25-27-32-60-90-69-48-36-63(37-49-69)76(85)92-71-52-40-65(41-53-71)78(87)94-73-56-44-67(45-57-73)83-80(89)84(82-75(81-83)62-34-30-29-31-35-62)68-46-58-74(59-47-68)95-79(88)66-42-54-72(55-43-66)93-77(86)64-38-50-70(51-39-64)91-61-33-28-26-24-22-20-18-16-14-12-10-8-6-4-2/h29-31,34-59H,3-28,32-33,60-61H2,1-2H3. The number of ether oxygens (including phenoxy) is 6. The van der Waals surface area contributed by atoms with Crippen LogP contribution in [0, 0.1) is 0 Å². The summed E-state index contributed by atoms with van der Waals surface area (Å²) in [6.07, 6.45) is 36.4. The van der Waals surface area contributed by atoms with Crippen LogP contribution in [-0.4, -0.2) is 49.0 Å². The molecule has 1 aliphatic heterocycles. The summed E-state index contributed by atoms with van der Waals surface area (Å²) in [5.41, 5.74) is 7.13. The van der Waals surface area contributed by atoms with Crippen molar-refractivity contribution in [2.75, 3.05) is 23.2 Å². The van der Waals surface area contributed by atoms with Crippen LogP contribution < -0.4 is 43.9 Å². The van der Waals surface area contributed by atoms with Gasteiger partial charge in [-0.3, -0.25) is 0 Å². The summed E-state index contributed by atoms with van der Waals surface area (Å²) in [6, 6.07) is 46.9. The Morgan fingerprint density at radius 3 is 0.874 bits per heavy atom. The summed E-state index contributed by atoms with van der Waals surface area (Å²) >= 11 is 0. The van der Waals surface area contributed by atoms with Gasteiger partial charge in [-0.1, -0.05) is 211 Å². The van der Waals surface area contributed by atoms with Gasteiger partial charge in [-0.15, -0.1) is 10.5 Å². The second kappa shape index (κ2) is 40.8. The number of hydrogen-bond donors (Lipinski definition) is 0. The first-order valence-corrected chi connectivity index (χ1v) is 34.9. The molecule has 501 valence electrons. The lowest BCUT2D eigenvalue weighted by Crippen LogP contribution is -2.52. The van der Waals surface area contributed by atoms with Gasteiger partial charge in [0.05, 0.1) is 46.8 Å². The molecular formula is C80H95N4O11. The van der Waals surface area contributed by atoms with Gasteiger partial charge in [0.1, 0.15) is 34.5 Å². The molecule has 0 aliphatic carbocycles. The molecule has 1 radical (unpaired) electrons. The number of nitrogens with zero attached hydrogens (tertiary/aromatic N) is 4. The largest absolute Gasteiger partial charge is 0.494 e. The van der Waals surface area contributed by atoms with Crippen molar-refractivity contribution < 1.29 is 52.4 Å². The third-order valence-electron chi connectivity index (χ3n) is 16.7. The minimum absolute atomic E-state index is 0.205. The van der Waals surface area contributed by atoms with E-state index in [2.05, 4.69) is 24.4 Å². The molecule has 7 aromatic carbocycles. The Morgan fingerprint density at radius 2 is 0.568 bits per heavy atom. The van der Waals surface area contributed by atoms with E-state index in [1.165, 1.54) is 213 Å². The summed E-state index contributed by atoms with van der Waals surface area (Å²) in [4.78, 5) is 66.8. The van der Waals surface area contributed by atoms with Crippen molar-refractivity contribution in [1.29, 1.82) is 0 Å². The Kier molecular flexibility index (Phi) is 30.7. The highest BCUT2D eigenvalue weighted by Gasteiger charge is 2.33. The smallest absolute Gasteiger partial charge is 0.370 e. The lowest BCUT2D eigenvalue weighted by molar-refractivity contribution is 0.0720. The number of hydrazone groups is 1. The van der Waals surface area contributed by atoms with Crippen molar-refractivity contribution in [3.8, 4) is 34.5 Å². The molecule has 1 heterocycles. The van der Waals surface area contributed by atoms with E-state index < -0.39 is 29.9 Å². The average Bonchev–Trinajstić information content (AvgIpc) is 0.794. The van der Waals surface area contributed by atoms with Crippen molar-refractivity contribution >= 4 is 47.1 Å². The first-order valence-electron chi connectivity index (χ1n) is 34.9. The predicted octanol–water partition coefficient (Wildman–Crippen LogP) is 20.6. The Morgan fingerprint density at radius 1 is 0.305 bits per heavy atom. The summed E-state index contributed by atoms with van der Waals surface area (Å²) < 4.78 is 34.4. The highest BCUT2D eigenvalue weighted by Crippen LogP contribution is 2.30. The van der Waals surface area contributed by atoms with E-state index in [1.807, 2.05) is 30.3 Å². The van der Waals surface area contributed by atoms with Crippen LogP contribution in [0.2, 0.25) is 0 Å². The monoisotopic (exact) mass is 1290 g/mol. The van der Waals surface area contributed by atoms with E-state index in [0.717, 1.165) is 25.7 Å². The number of urea groups is 1. The van der Waals surface area contributed by atoms with Crippen LogP contribution >= 0.6 is 0 Å². The van der Waals surface area contributed by atoms with Crippen molar-refractivity contribution in [2.24, 2.45) is 5.10 Å². The first kappa shape index (κ1) is 71.6. The van der Waals surface area contributed by atoms with Gasteiger partial charge in [0.15, 0.2) is 5.84 Å². The van der Waals surface area contributed by atoms with E-state index in [9.17, 15) is 24.0 Å². The highest BCUT2D eigenvalue weighted by molar-refractivity contribution is 6.13. The van der Waals surface area contributed by atoms with E-state index in [0.29, 0.717) is 52.8 Å². The molecule has 8 rings (SSSR count). The fourth-order valence-corrected chi connectivity index (χ4v) is 11.1. The van der Waals surface area contributed by atoms with Crippen molar-refractivity contribution in [1.82, 2.24) is 5.43 Å². The summed E-state index contributed by atoms with van der Waals surface area (Å²) in [5, 5.41) is 6.98. The van der Waals surface area contributed by atoms with E-state index in [-0.39, 0.29) is 40.0 Å². The summed E-state index contributed by atoms with van der Waals surface area (Å²) in [6.45, 7) is 5.78. The van der Waals surface area contributed by atoms with Crippen molar-refractivity contribution in [2.45, 2.75) is 194 Å². The molecule has 7 aromatic rings. The zero-order chi connectivity index (χ0) is 66.5. The number of rotatable bonds is 43. The number of carbonyl (C=O) groups excluding carboxylic acids is 5. The Balaban J connectivity index is 0.740. The number of amidine groups is 1. The van der Waals surface area contributed by atoms with Gasteiger partial charge >= 0.3 is 29.9 Å². The molecule has 0 N–H and O–H groups in total. The van der Waals surface area contributed by atoms with Crippen LogP contribution in [0.4, 0.5) is 16.2 Å². The number of amides is 2. The molecule has 0 bridgehead atoms. The van der Waals surface area contributed by atoms with E-state index in [4.69, 9.17) is 28.4 Å². The second-order valence-electron chi connectivity index (χ2n) is 24.3. The van der Waals surface area contributed by atoms with Crippen LogP contribution in [0.15, 0.2) is 181 Å². The SMILES string of the molecule is CCCCCCCCCCCCCCCCOc1ccc(C(=O)Oc2ccc(C(=O)Oc3ccc(N4[N]C(c5ccccc5)=NN(c5ccc(OC(=O)c6ccc(OC(=O)c7ccc(OCCCCCCCCCCCCCCCC)cc7)cc6)cc5)C4=O)cc3)cc2)cc1. The Labute approximate surface area is 562 Å². The molecule has 1 aliphatic rings. The molecule has 0 atom stereocenters. The number of hydrogen-bond acceptors (Lipinski definition) is 12. The van der Waals surface area contributed by atoms with Gasteiger partial charge in [0.2, 0.25) is 0 Å². The van der Waals surface area contributed by atoms with Gasteiger partial charge in [-0.25, -0.2) is 24.0 Å². The first-order chi connectivity index (χ1) is 46.6. The van der Waals surface area contributed by atoms with Gasteiger partial charge in [-0.05, 0) is 158 Å². The lowest BCUT2D eigenvalue weighted by Gasteiger charge is -2.31. The molecule has 2 amide bonds. The molecule has 0 saturated heterocycles. The van der Waals surface area contributed by atoms with E-state index >= 15 is 0 Å². The number of benzene rings is 7. The fourth-order valence-electron chi connectivity index (χ4n) is 11.1. The molecule has 0 fully saturated rings. The summed E-state index contributed by atoms with van der Waals surface area (Å²) in [7, 11) is 0. The number of esters is 4. The Hall–Kier alpha value is -9.24. The van der Waals surface area contributed by atoms with Gasteiger partial charge in [-0.2, -0.15) is 10.0 Å². The van der Waals surface area contributed by atoms with Crippen LogP contribution in [0.1, 0.15) is 241 Å². The second-order valence-corrected chi connectivity index (χ2v) is 24.3. The quantitative estimate of drug-likeness (QED) is 0.0202. The maximum Gasteiger partial charge on any atom is 0.370 e. The van der Waals surface area contributed by atoms with Crippen LogP contribution in [-0.2, 0) is 0 Å². The average molecular weight is 1290 g/mol. The maximum absolute atomic E-state index is 14.2. The minimum atomic E-state index is -0.651. The molecule has 0 unspecified atom stereocenters. The molecule has 15 nitrogen and oxygen atoms in total. The minimum Gasteiger partial charge on any atom is -0.494 e.